The lowest BCUT2D eigenvalue weighted by Gasteiger charge is -2.35. The highest BCUT2D eigenvalue weighted by Crippen LogP contribution is 2.16. The third-order valence-electron chi connectivity index (χ3n) is 2.81. The molecule has 1 aliphatic heterocycles. The van der Waals surface area contributed by atoms with Crippen molar-refractivity contribution in [1.82, 2.24) is 4.90 Å². The lowest BCUT2D eigenvalue weighted by Crippen LogP contribution is -2.44. The molecule has 0 radical (unpaired) electrons. The van der Waals surface area contributed by atoms with E-state index in [0.29, 0.717) is 12.2 Å². The second kappa shape index (κ2) is 5.30. The van der Waals surface area contributed by atoms with Crippen LogP contribution in [0.15, 0.2) is 28.7 Å². The van der Waals surface area contributed by atoms with Gasteiger partial charge in [-0.2, -0.15) is 0 Å². The Balaban J connectivity index is 1.96. The second-order valence-corrected chi connectivity index (χ2v) is 5.49. The summed E-state index contributed by atoms with van der Waals surface area (Å²) in [6.07, 6.45) is 0.693. The summed E-state index contributed by atoms with van der Waals surface area (Å²) in [6, 6.07) is 8.55. The summed E-state index contributed by atoms with van der Waals surface area (Å²) < 4.78 is 6.86. The van der Waals surface area contributed by atoms with Gasteiger partial charge in [-0.15, -0.1) is 0 Å². The summed E-state index contributed by atoms with van der Waals surface area (Å²) >= 11 is 3.46. The van der Waals surface area contributed by atoms with Gasteiger partial charge in [0.1, 0.15) is 0 Å². The Morgan fingerprint density at radius 1 is 1.19 bits per heavy atom. The van der Waals surface area contributed by atoms with E-state index in [0.717, 1.165) is 24.1 Å². The number of hydrogen-bond acceptors (Lipinski definition) is 2. The smallest absolute Gasteiger partial charge is 0.0678 e. The van der Waals surface area contributed by atoms with Crippen molar-refractivity contribution in [1.29, 1.82) is 0 Å². The molecule has 0 unspecified atom stereocenters. The quantitative estimate of drug-likeness (QED) is 0.827. The van der Waals surface area contributed by atoms with E-state index in [1.807, 2.05) is 0 Å². The molecule has 1 aromatic carbocycles. The molecule has 0 bridgehead atoms. The summed E-state index contributed by atoms with van der Waals surface area (Å²) in [7, 11) is 0. The minimum Gasteiger partial charge on any atom is -0.373 e. The van der Waals surface area contributed by atoms with E-state index in [4.69, 9.17) is 4.74 Å². The van der Waals surface area contributed by atoms with Crippen molar-refractivity contribution in [3.63, 3.8) is 0 Å². The Kier molecular flexibility index (Phi) is 4.00. The van der Waals surface area contributed by atoms with Gasteiger partial charge in [0, 0.05) is 24.1 Å². The molecule has 1 saturated heterocycles. The van der Waals surface area contributed by atoms with Crippen LogP contribution < -0.4 is 0 Å². The van der Waals surface area contributed by atoms with Crippen molar-refractivity contribution >= 4 is 15.9 Å². The van der Waals surface area contributed by atoms with E-state index in [1.165, 1.54) is 5.56 Å². The molecule has 0 saturated carbocycles. The maximum absolute atomic E-state index is 5.72. The largest absolute Gasteiger partial charge is 0.373 e. The molecule has 1 aliphatic rings. The van der Waals surface area contributed by atoms with E-state index < -0.39 is 0 Å². The Morgan fingerprint density at radius 2 is 1.75 bits per heavy atom. The SMILES string of the molecule is C[C@@H]1CN(Cc2ccc(Br)cc2)C[C@@H](C)O1. The normalized spacial score (nSPS) is 26.9. The highest BCUT2D eigenvalue weighted by molar-refractivity contribution is 9.10. The van der Waals surface area contributed by atoms with Gasteiger partial charge in [-0.25, -0.2) is 0 Å². The summed E-state index contributed by atoms with van der Waals surface area (Å²) in [5, 5.41) is 0. The maximum Gasteiger partial charge on any atom is 0.0678 e. The first-order valence-corrected chi connectivity index (χ1v) is 6.55. The van der Waals surface area contributed by atoms with Crippen LogP contribution in [0, 0.1) is 0 Å². The summed E-state index contributed by atoms with van der Waals surface area (Å²) in [4.78, 5) is 2.46. The standard InChI is InChI=1S/C13H18BrNO/c1-10-7-15(8-11(2)16-10)9-12-3-5-13(14)6-4-12/h3-6,10-11H,7-9H2,1-2H3/t10-,11-/m1/s1. The average molecular weight is 284 g/mol. The van der Waals surface area contributed by atoms with Crippen molar-refractivity contribution in [3.8, 4) is 0 Å². The zero-order valence-corrected chi connectivity index (χ0v) is 11.4. The highest BCUT2D eigenvalue weighted by atomic mass is 79.9. The van der Waals surface area contributed by atoms with Crippen LogP contribution in [0.3, 0.4) is 0 Å². The first kappa shape index (κ1) is 12.1. The van der Waals surface area contributed by atoms with Crippen LogP contribution in [0.25, 0.3) is 0 Å². The summed E-state index contributed by atoms with van der Waals surface area (Å²) in [5.41, 5.74) is 1.37. The molecular formula is C13H18BrNO. The number of halogens is 1. The first-order valence-electron chi connectivity index (χ1n) is 5.76. The fourth-order valence-corrected chi connectivity index (χ4v) is 2.53. The number of nitrogens with zero attached hydrogens (tertiary/aromatic N) is 1. The van der Waals surface area contributed by atoms with Gasteiger partial charge in [0.25, 0.3) is 0 Å². The predicted octanol–water partition coefficient (Wildman–Crippen LogP) is 3.06. The van der Waals surface area contributed by atoms with E-state index in [2.05, 4.69) is 58.9 Å². The molecule has 0 aliphatic carbocycles. The van der Waals surface area contributed by atoms with Crippen molar-refractivity contribution in [2.24, 2.45) is 0 Å². The molecule has 0 amide bonds. The van der Waals surface area contributed by atoms with Gasteiger partial charge < -0.3 is 4.74 Å². The minimum atomic E-state index is 0.346. The molecule has 2 nitrogen and oxygen atoms in total. The number of rotatable bonds is 2. The average Bonchev–Trinajstić information content (AvgIpc) is 2.20. The van der Waals surface area contributed by atoms with Gasteiger partial charge in [0.15, 0.2) is 0 Å². The molecule has 1 fully saturated rings. The minimum absolute atomic E-state index is 0.346. The Morgan fingerprint density at radius 3 is 2.31 bits per heavy atom. The van der Waals surface area contributed by atoms with Gasteiger partial charge >= 0.3 is 0 Å². The number of morpholine rings is 1. The fourth-order valence-electron chi connectivity index (χ4n) is 2.26. The van der Waals surface area contributed by atoms with Crippen LogP contribution in [0.5, 0.6) is 0 Å². The molecule has 1 heterocycles. The van der Waals surface area contributed by atoms with Crippen LogP contribution >= 0.6 is 15.9 Å². The van der Waals surface area contributed by atoms with Crippen LogP contribution in [-0.2, 0) is 11.3 Å². The molecule has 2 atom stereocenters. The molecule has 16 heavy (non-hydrogen) atoms. The fraction of sp³-hybridized carbons (Fsp3) is 0.538. The zero-order chi connectivity index (χ0) is 11.5. The molecule has 0 N–H and O–H groups in total. The Hall–Kier alpha value is -0.380. The number of benzene rings is 1. The Labute approximate surface area is 106 Å². The van der Waals surface area contributed by atoms with Crippen molar-refractivity contribution < 1.29 is 4.74 Å². The zero-order valence-electron chi connectivity index (χ0n) is 9.82. The van der Waals surface area contributed by atoms with Gasteiger partial charge in [-0.3, -0.25) is 4.90 Å². The van der Waals surface area contributed by atoms with Crippen molar-refractivity contribution in [2.45, 2.75) is 32.6 Å². The molecule has 88 valence electrons. The van der Waals surface area contributed by atoms with Crippen molar-refractivity contribution in [2.75, 3.05) is 13.1 Å². The number of ether oxygens (including phenoxy) is 1. The second-order valence-electron chi connectivity index (χ2n) is 4.58. The molecule has 2 rings (SSSR count). The highest BCUT2D eigenvalue weighted by Gasteiger charge is 2.21. The molecular weight excluding hydrogens is 266 g/mol. The van der Waals surface area contributed by atoms with Gasteiger partial charge in [-0.1, -0.05) is 28.1 Å². The van der Waals surface area contributed by atoms with Gasteiger partial charge in [-0.05, 0) is 31.5 Å². The number of hydrogen-bond donors (Lipinski definition) is 0. The van der Waals surface area contributed by atoms with Crippen LogP contribution in [0.4, 0.5) is 0 Å². The third-order valence-corrected chi connectivity index (χ3v) is 3.34. The monoisotopic (exact) mass is 283 g/mol. The molecule has 1 aromatic rings. The third kappa shape index (κ3) is 3.30. The first-order chi connectivity index (χ1) is 7.63. The summed E-state index contributed by atoms with van der Waals surface area (Å²) in [5.74, 6) is 0. The predicted molar refractivity (Wildman–Crippen MR) is 69.4 cm³/mol. The van der Waals surface area contributed by atoms with Crippen molar-refractivity contribution in [3.05, 3.63) is 34.3 Å². The molecule has 0 aromatic heterocycles. The lowest BCUT2D eigenvalue weighted by atomic mass is 10.1. The molecule has 3 heteroatoms. The van der Waals surface area contributed by atoms with E-state index in [-0.39, 0.29) is 0 Å². The van der Waals surface area contributed by atoms with Crippen LogP contribution in [0.2, 0.25) is 0 Å². The maximum atomic E-state index is 5.72. The van der Waals surface area contributed by atoms with Gasteiger partial charge in [0.2, 0.25) is 0 Å². The summed E-state index contributed by atoms with van der Waals surface area (Å²) in [6.45, 7) is 7.36. The Bertz CT molecular complexity index is 328. The van der Waals surface area contributed by atoms with Crippen LogP contribution in [-0.4, -0.2) is 30.2 Å². The lowest BCUT2D eigenvalue weighted by molar-refractivity contribution is -0.0704. The van der Waals surface area contributed by atoms with Gasteiger partial charge in [0.05, 0.1) is 12.2 Å². The van der Waals surface area contributed by atoms with Crippen LogP contribution in [0.1, 0.15) is 19.4 Å². The topological polar surface area (TPSA) is 12.5 Å². The van der Waals surface area contributed by atoms with E-state index in [1.54, 1.807) is 0 Å². The van der Waals surface area contributed by atoms with E-state index in [9.17, 15) is 0 Å². The van der Waals surface area contributed by atoms with E-state index >= 15 is 0 Å². The molecule has 0 spiro atoms.